The van der Waals surface area contributed by atoms with E-state index in [2.05, 4.69) is 158 Å². The second kappa shape index (κ2) is 75.3. The summed E-state index contributed by atoms with van der Waals surface area (Å²) in [6, 6.07) is 71.4. The highest BCUT2D eigenvalue weighted by Crippen LogP contribution is 2.34. The molecule has 133 heavy (non-hydrogen) atoms. The Morgan fingerprint density at radius 2 is 0.481 bits per heavy atom. The molecular weight excluding hydrogens is 1640 g/mol. The summed E-state index contributed by atoms with van der Waals surface area (Å²) in [6.07, 6.45) is 14.5. The molecule has 3 N–H and O–H groups in total. The van der Waals surface area contributed by atoms with Crippen LogP contribution in [0.2, 0.25) is 0 Å². The largest absolute Gasteiger partial charge is 0.508 e. The van der Waals surface area contributed by atoms with Crippen molar-refractivity contribution in [3.8, 4) is 17.2 Å². The molecule has 0 bridgehead atoms. The lowest BCUT2D eigenvalue weighted by molar-refractivity contribution is -0.161. The maximum atomic E-state index is 11.9. The summed E-state index contributed by atoms with van der Waals surface area (Å²) in [5.41, 5.74) is 10.7. The fraction of sp³-hybridized carbons (Fsp3) is 0.574. The zero-order valence-corrected chi connectivity index (χ0v) is 80.8. The van der Waals surface area contributed by atoms with E-state index in [0.717, 1.165) is 74.5 Å². The van der Waals surface area contributed by atoms with Crippen LogP contribution < -0.4 is 0 Å². The van der Waals surface area contributed by atoms with Crippen LogP contribution in [0.1, 0.15) is 473 Å². The number of phenols is 3. The summed E-state index contributed by atoms with van der Waals surface area (Å²) in [4.78, 5) is 47.3. The number of rotatable bonds is 25. The Morgan fingerprint density at radius 1 is 0.271 bits per heavy atom. The van der Waals surface area contributed by atoms with E-state index < -0.39 is 16.2 Å². The van der Waals surface area contributed by atoms with Gasteiger partial charge in [-0.05, 0) is 280 Å². The van der Waals surface area contributed by atoms with Crippen molar-refractivity contribution in [2.24, 2.45) is 21.7 Å². The molecule has 8 aromatic carbocycles. The van der Waals surface area contributed by atoms with Crippen LogP contribution in [0.15, 0.2) is 218 Å². The van der Waals surface area contributed by atoms with Gasteiger partial charge in [0.1, 0.15) is 41.7 Å². The number of esters is 4. The number of aromatic hydroxyl groups is 3. The molecule has 0 amide bonds. The highest BCUT2D eigenvalue weighted by atomic mass is 16.6. The Balaban J connectivity index is -0.000000123. The Kier molecular flexibility index (Phi) is 84.7. The Hall–Kier alpha value is -8.96. The third-order valence-electron chi connectivity index (χ3n) is 24.3. The van der Waals surface area contributed by atoms with E-state index in [-0.39, 0.29) is 148 Å². The lowest BCUT2D eigenvalue weighted by Crippen LogP contribution is -2.31. The summed E-state index contributed by atoms with van der Waals surface area (Å²) in [7, 11) is 0. The predicted octanol–water partition coefficient (Wildman–Crippen LogP) is 38.9. The minimum absolute atomic E-state index is 0. The third kappa shape index (κ3) is 57.5. The molecular formula is C122H212O11. The van der Waals surface area contributed by atoms with Gasteiger partial charge >= 0.3 is 23.9 Å². The SMILES string of the molecule is C.C.C.C.C.C.C.C.C.C.C.C.CCC(C)(C)C(=O)OC(C)c1ccccc1.CCC(C)(C)C(=O)OC(C)c1ccccc1.CCC(C)(C)C(=O)OC(C)c1ccccc1.CCC(C)(C)C(=O)OC1CCCCC1.CCC(C)(C)c1ccc(C(C)(C)C)cc1.CCC(C)(C)c1ccccc1.CCC(C)c1ccc(O)cc1.CCC(C)c1ccc(O)cc1.CCC(C)c1ccc(O)cc1. The van der Waals surface area contributed by atoms with Crippen molar-refractivity contribution < 1.29 is 53.4 Å². The molecule has 6 atom stereocenters. The Bertz CT molecular complexity index is 3760. The van der Waals surface area contributed by atoms with Crippen LogP contribution >= 0.6 is 0 Å². The van der Waals surface area contributed by atoms with E-state index in [1.54, 1.807) is 36.4 Å². The van der Waals surface area contributed by atoms with E-state index in [9.17, 15) is 19.2 Å². The van der Waals surface area contributed by atoms with Crippen LogP contribution in [-0.2, 0) is 54.4 Å². The number of carbonyl (C=O) groups excluding carboxylic acids is 4. The Labute approximate surface area is 824 Å². The van der Waals surface area contributed by atoms with Gasteiger partial charge in [0.25, 0.3) is 0 Å². The number of benzene rings is 8. The van der Waals surface area contributed by atoms with Crippen LogP contribution in [-0.4, -0.2) is 45.3 Å². The topological polar surface area (TPSA) is 166 Å². The second-order valence-electron chi connectivity index (χ2n) is 37.4. The van der Waals surface area contributed by atoms with Crippen LogP contribution in [0.25, 0.3) is 0 Å². The van der Waals surface area contributed by atoms with E-state index in [4.69, 9.17) is 34.3 Å². The molecule has 1 aliphatic rings. The first-order valence-electron chi connectivity index (χ1n) is 45.1. The van der Waals surface area contributed by atoms with Gasteiger partial charge in [-0.25, -0.2) is 0 Å². The lowest BCUT2D eigenvalue weighted by atomic mass is 9.80. The molecule has 11 heteroatoms. The molecule has 1 fully saturated rings. The molecule has 0 heterocycles. The lowest BCUT2D eigenvalue weighted by Gasteiger charge is -2.27. The van der Waals surface area contributed by atoms with Crippen LogP contribution in [0.5, 0.6) is 17.2 Å². The highest BCUT2D eigenvalue weighted by Gasteiger charge is 2.33. The predicted molar refractivity (Wildman–Crippen MR) is 592 cm³/mol. The van der Waals surface area contributed by atoms with Gasteiger partial charge in [0.15, 0.2) is 0 Å². The average molecular weight is 1860 g/mol. The van der Waals surface area contributed by atoms with Crippen molar-refractivity contribution in [2.45, 2.75) is 445 Å². The molecule has 0 spiro atoms. The summed E-state index contributed by atoms with van der Waals surface area (Å²) in [5, 5.41) is 27.0. The number of carbonyl (C=O) groups is 4. The van der Waals surface area contributed by atoms with Gasteiger partial charge in [0.2, 0.25) is 0 Å². The number of ether oxygens (including phenoxy) is 4. The zero-order valence-electron chi connectivity index (χ0n) is 80.8. The molecule has 11 nitrogen and oxygen atoms in total. The van der Waals surface area contributed by atoms with Gasteiger partial charge in [-0.1, -0.05) is 409 Å². The Morgan fingerprint density at radius 3 is 0.692 bits per heavy atom. The minimum Gasteiger partial charge on any atom is -0.508 e. The first-order valence-corrected chi connectivity index (χ1v) is 45.1. The van der Waals surface area contributed by atoms with Crippen LogP contribution in [0, 0.1) is 21.7 Å². The monoisotopic (exact) mass is 1850 g/mol. The average Bonchev–Trinajstić information content (AvgIpc) is 0.824. The van der Waals surface area contributed by atoms with Crippen molar-refractivity contribution in [1.82, 2.24) is 0 Å². The molecule has 1 aliphatic carbocycles. The van der Waals surface area contributed by atoms with Gasteiger partial charge < -0.3 is 34.3 Å². The summed E-state index contributed by atoms with van der Waals surface area (Å²) >= 11 is 0. The molecule has 9 rings (SSSR count). The molecule has 0 saturated heterocycles. The minimum atomic E-state index is -0.400. The fourth-order valence-electron chi connectivity index (χ4n) is 11.2. The number of hydrogen-bond acceptors (Lipinski definition) is 11. The van der Waals surface area contributed by atoms with Gasteiger partial charge in [0, 0.05) is 0 Å². The van der Waals surface area contributed by atoms with Gasteiger partial charge in [-0.2, -0.15) is 0 Å². The van der Waals surface area contributed by atoms with Crippen molar-refractivity contribution >= 4 is 23.9 Å². The van der Waals surface area contributed by atoms with Crippen LogP contribution in [0.4, 0.5) is 0 Å². The molecule has 0 radical (unpaired) electrons. The summed E-state index contributed by atoms with van der Waals surface area (Å²) in [6.45, 7) is 62.6. The van der Waals surface area contributed by atoms with Gasteiger partial charge in [0.05, 0.1) is 21.7 Å². The van der Waals surface area contributed by atoms with Crippen molar-refractivity contribution in [1.29, 1.82) is 0 Å². The number of hydrogen-bond donors (Lipinski definition) is 3. The fourth-order valence-corrected chi connectivity index (χ4v) is 11.2. The standard InChI is InChI=1S/C15H24.3C14H20O2.C12H22O2.C11H16.3C10H14O.12CH4/c1-7-15(5,6)13-10-8-12(9-11-13)14(2,3)4;3*1-5-14(3,4)13(15)16-11(2)12-9-7-6-8-10-12;1-4-12(2,3)11(13)14-10-8-6-5-7-9-10;1-4-11(2,3)10-8-6-5-7-9-10;3*1-3-8(2)9-4-6-10(11)7-5-9;;;;;;;;;;;;/h8-11H,7H2,1-6H3;3*6-11H,5H2,1-4H3;10H,4-9H2,1-3H3;5-9H,4H2,1-3H3;3*4-8,11H,3H2,1-2H3;12*1H4. The molecule has 0 aliphatic heterocycles. The molecule has 8 aromatic rings. The third-order valence-corrected chi connectivity index (χ3v) is 24.3. The first kappa shape index (κ1) is 150. The zero-order chi connectivity index (χ0) is 92.0. The van der Waals surface area contributed by atoms with Gasteiger partial charge in [-0.3, -0.25) is 19.2 Å². The molecule has 0 aromatic heterocycles. The summed E-state index contributed by atoms with van der Waals surface area (Å²) < 4.78 is 21.9. The van der Waals surface area contributed by atoms with Crippen molar-refractivity contribution in [3.63, 3.8) is 0 Å². The van der Waals surface area contributed by atoms with Crippen molar-refractivity contribution in [3.05, 3.63) is 268 Å². The summed E-state index contributed by atoms with van der Waals surface area (Å²) in [5.74, 6) is 2.39. The maximum Gasteiger partial charge on any atom is 0.312 e. The van der Waals surface area contributed by atoms with Gasteiger partial charge in [-0.15, -0.1) is 0 Å². The van der Waals surface area contributed by atoms with E-state index >= 15 is 0 Å². The smallest absolute Gasteiger partial charge is 0.312 e. The second-order valence-corrected chi connectivity index (χ2v) is 37.4. The molecule has 6 unspecified atom stereocenters. The number of phenolic OH excluding ortho intramolecular Hbond substituents is 3. The normalized spacial score (nSPS) is 12.4. The van der Waals surface area contributed by atoms with E-state index in [0.29, 0.717) is 45.8 Å². The van der Waals surface area contributed by atoms with E-state index in [1.807, 2.05) is 231 Å². The van der Waals surface area contributed by atoms with Crippen molar-refractivity contribution in [2.75, 3.05) is 0 Å². The molecule has 766 valence electrons. The highest BCUT2D eigenvalue weighted by molar-refractivity contribution is 5.77. The quantitative estimate of drug-likeness (QED) is 0.0368. The van der Waals surface area contributed by atoms with E-state index in [1.165, 1.54) is 65.5 Å². The van der Waals surface area contributed by atoms with Crippen LogP contribution in [0.3, 0.4) is 0 Å². The molecule has 1 saturated carbocycles. The maximum absolute atomic E-state index is 11.9. The first-order chi connectivity index (χ1) is 56.6.